The van der Waals surface area contributed by atoms with E-state index in [0.29, 0.717) is 6.42 Å². The van der Waals surface area contributed by atoms with Gasteiger partial charge in [-0.3, -0.25) is 9.69 Å². The molecule has 0 spiro atoms. The first-order valence-corrected chi connectivity index (χ1v) is 6.06. The lowest BCUT2D eigenvalue weighted by Gasteiger charge is -2.49. The van der Waals surface area contributed by atoms with Gasteiger partial charge >= 0.3 is 0 Å². The van der Waals surface area contributed by atoms with Gasteiger partial charge in [0.25, 0.3) is 0 Å². The van der Waals surface area contributed by atoms with Gasteiger partial charge in [0.1, 0.15) is 0 Å². The van der Waals surface area contributed by atoms with Crippen LogP contribution in [0.15, 0.2) is 0 Å². The Hall–Kier alpha value is -0.610. The Balaban J connectivity index is 2.84. The third-order valence-corrected chi connectivity index (χ3v) is 3.49. The fraction of sp³-hybridized carbons (Fsp3) is 0.917. The van der Waals surface area contributed by atoms with Crippen molar-refractivity contribution < 1.29 is 9.90 Å². The third kappa shape index (κ3) is 2.55. The number of hydrogen-bond donors (Lipinski definition) is 1. The zero-order valence-electron chi connectivity index (χ0n) is 10.9. The SMILES string of the molecule is CCCN1CC(C)(C)N(C)C(CCO)C1=O. The molecule has 1 aliphatic rings. The number of hydrogen-bond acceptors (Lipinski definition) is 3. The normalized spacial score (nSPS) is 26.2. The highest BCUT2D eigenvalue weighted by Gasteiger charge is 2.41. The standard InChI is InChI=1S/C12H24N2O2/c1-5-7-14-9-12(2,3)13(4)10(6-8-15)11(14)16/h10,15H,5-9H2,1-4H3. The molecule has 0 saturated carbocycles. The maximum Gasteiger partial charge on any atom is 0.240 e. The number of carbonyl (C=O) groups excluding carboxylic acids is 1. The summed E-state index contributed by atoms with van der Waals surface area (Å²) < 4.78 is 0. The summed E-state index contributed by atoms with van der Waals surface area (Å²) in [4.78, 5) is 16.2. The Kier molecular flexibility index (Phi) is 4.33. The fourth-order valence-electron chi connectivity index (χ4n) is 2.35. The lowest BCUT2D eigenvalue weighted by atomic mass is 9.93. The van der Waals surface area contributed by atoms with Crippen molar-refractivity contribution in [3.8, 4) is 0 Å². The number of amides is 1. The summed E-state index contributed by atoms with van der Waals surface area (Å²) in [7, 11) is 1.97. The molecule has 0 bridgehead atoms. The Morgan fingerprint density at radius 2 is 2.12 bits per heavy atom. The van der Waals surface area contributed by atoms with Crippen molar-refractivity contribution >= 4 is 5.91 Å². The molecule has 1 atom stereocenters. The van der Waals surface area contributed by atoms with E-state index in [0.717, 1.165) is 19.5 Å². The molecule has 1 saturated heterocycles. The highest BCUT2D eigenvalue weighted by molar-refractivity contribution is 5.83. The summed E-state index contributed by atoms with van der Waals surface area (Å²) in [5.74, 6) is 0.165. The van der Waals surface area contributed by atoms with Gasteiger partial charge in [-0.05, 0) is 33.7 Å². The average Bonchev–Trinajstić information content (AvgIpc) is 2.21. The van der Waals surface area contributed by atoms with Crippen LogP contribution in [0.5, 0.6) is 0 Å². The highest BCUT2D eigenvalue weighted by atomic mass is 16.3. The topological polar surface area (TPSA) is 43.8 Å². The molecule has 0 aromatic heterocycles. The summed E-state index contributed by atoms with van der Waals surface area (Å²) in [6.07, 6.45) is 1.51. The molecule has 1 fully saturated rings. The van der Waals surface area contributed by atoms with Crippen LogP contribution in [0.3, 0.4) is 0 Å². The second-order valence-electron chi connectivity index (χ2n) is 5.21. The minimum atomic E-state index is -0.166. The molecule has 1 unspecified atom stereocenters. The number of likely N-dealkylation sites (N-methyl/N-ethyl adjacent to an activating group) is 1. The van der Waals surface area contributed by atoms with E-state index in [4.69, 9.17) is 5.11 Å². The first-order chi connectivity index (χ1) is 7.44. The van der Waals surface area contributed by atoms with Crippen molar-refractivity contribution in [1.29, 1.82) is 0 Å². The zero-order valence-corrected chi connectivity index (χ0v) is 10.9. The molecular weight excluding hydrogens is 204 g/mol. The van der Waals surface area contributed by atoms with E-state index >= 15 is 0 Å². The molecule has 16 heavy (non-hydrogen) atoms. The van der Waals surface area contributed by atoms with Crippen molar-refractivity contribution in [2.24, 2.45) is 0 Å². The minimum Gasteiger partial charge on any atom is -0.396 e. The van der Waals surface area contributed by atoms with Crippen LogP contribution in [0.1, 0.15) is 33.6 Å². The number of piperazine rings is 1. The van der Waals surface area contributed by atoms with Gasteiger partial charge in [-0.2, -0.15) is 0 Å². The molecule has 1 amide bonds. The quantitative estimate of drug-likeness (QED) is 0.770. The smallest absolute Gasteiger partial charge is 0.240 e. The number of aliphatic hydroxyl groups is 1. The highest BCUT2D eigenvalue weighted by Crippen LogP contribution is 2.25. The number of aliphatic hydroxyl groups excluding tert-OH is 1. The van der Waals surface area contributed by atoms with Crippen molar-refractivity contribution in [3.63, 3.8) is 0 Å². The molecule has 1 N–H and O–H groups in total. The predicted molar refractivity (Wildman–Crippen MR) is 64.2 cm³/mol. The van der Waals surface area contributed by atoms with Crippen LogP contribution >= 0.6 is 0 Å². The van der Waals surface area contributed by atoms with Crippen LogP contribution in [0, 0.1) is 0 Å². The Morgan fingerprint density at radius 3 is 2.62 bits per heavy atom. The van der Waals surface area contributed by atoms with Gasteiger partial charge in [-0.25, -0.2) is 0 Å². The molecule has 0 aliphatic carbocycles. The first-order valence-electron chi connectivity index (χ1n) is 6.06. The van der Waals surface area contributed by atoms with Crippen LogP contribution in [-0.4, -0.2) is 59.1 Å². The molecule has 4 heteroatoms. The van der Waals surface area contributed by atoms with Gasteiger partial charge in [0.15, 0.2) is 0 Å². The predicted octanol–water partition coefficient (Wildman–Crippen LogP) is 0.700. The second-order valence-corrected chi connectivity index (χ2v) is 5.21. The van der Waals surface area contributed by atoms with E-state index in [1.54, 1.807) is 0 Å². The van der Waals surface area contributed by atoms with Gasteiger partial charge in [0.05, 0.1) is 6.04 Å². The van der Waals surface area contributed by atoms with Crippen molar-refractivity contribution in [2.75, 3.05) is 26.7 Å². The van der Waals surface area contributed by atoms with E-state index in [1.165, 1.54) is 0 Å². The monoisotopic (exact) mass is 228 g/mol. The summed E-state index contributed by atoms with van der Waals surface area (Å²) >= 11 is 0. The van der Waals surface area contributed by atoms with Gasteiger partial charge in [-0.1, -0.05) is 6.92 Å². The van der Waals surface area contributed by atoms with Crippen molar-refractivity contribution in [1.82, 2.24) is 9.80 Å². The number of nitrogens with zero attached hydrogens (tertiary/aromatic N) is 2. The lowest BCUT2D eigenvalue weighted by Crippen LogP contribution is -2.65. The molecule has 1 rings (SSSR count). The Labute approximate surface area is 98.2 Å². The summed E-state index contributed by atoms with van der Waals surface area (Å²) in [6.45, 7) is 8.03. The number of carbonyl (C=O) groups is 1. The average molecular weight is 228 g/mol. The second kappa shape index (κ2) is 5.15. The van der Waals surface area contributed by atoms with E-state index in [9.17, 15) is 4.79 Å². The number of rotatable bonds is 4. The van der Waals surface area contributed by atoms with Crippen molar-refractivity contribution in [3.05, 3.63) is 0 Å². The van der Waals surface area contributed by atoms with E-state index in [2.05, 4.69) is 25.7 Å². The van der Waals surface area contributed by atoms with Crippen LogP contribution in [0.4, 0.5) is 0 Å². The molecule has 1 heterocycles. The summed E-state index contributed by atoms with van der Waals surface area (Å²) in [5.41, 5.74) is -0.0110. The van der Waals surface area contributed by atoms with E-state index < -0.39 is 0 Å². The Bertz CT molecular complexity index is 253. The fourth-order valence-corrected chi connectivity index (χ4v) is 2.35. The molecule has 0 radical (unpaired) electrons. The molecule has 4 nitrogen and oxygen atoms in total. The minimum absolute atomic E-state index is 0.0110. The van der Waals surface area contributed by atoms with E-state index in [-0.39, 0.29) is 24.1 Å². The van der Waals surface area contributed by atoms with Gasteiger partial charge in [-0.15, -0.1) is 0 Å². The summed E-state index contributed by atoms with van der Waals surface area (Å²) in [6, 6.07) is -0.166. The van der Waals surface area contributed by atoms with Gasteiger partial charge < -0.3 is 10.0 Å². The maximum atomic E-state index is 12.2. The van der Waals surface area contributed by atoms with Crippen LogP contribution in [0.2, 0.25) is 0 Å². The molecule has 1 aliphatic heterocycles. The third-order valence-electron chi connectivity index (χ3n) is 3.49. The van der Waals surface area contributed by atoms with Gasteiger partial charge in [0.2, 0.25) is 5.91 Å². The van der Waals surface area contributed by atoms with Gasteiger partial charge in [0, 0.05) is 25.2 Å². The Morgan fingerprint density at radius 1 is 1.50 bits per heavy atom. The van der Waals surface area contributed by atoms with Crippen LogP contribution < -0.4 is 0 Å². The van der Waals surface area contributed by atoms with Crippen molar-refractivity contribution in [2.45, 2.75) is 45.2 Å². The van der Waals surface area contributed by atoms with Crippen LogP contribution in [0.25, 0.3) is 0 Å². The summed E-state index contributed by atoms with van der Waals surface area (Å²) in [5, 5.41) is 9.04. The largest absolute Gasteiger partial charge is 0.396 e. The maximum absolute atomic E-state index is 12.2. The molecule has 0 aromatic rings. The van der Waals surface area contributed by atoms with Crippen LogP contribution in [-0.2, 0) is 4.79 Å². The lowest BCUT2D eigenvalue weighted by molar-refractivity contribution is -0.149. The van der Waals surface area contributed by atoms with E-state index in [1.807, 2.05) is 11.9 Å². The molecule has 94 valence electrons. The molecular formula is C12H24N2O2. The zero-order chi connectivity index (χ0) is 12.3. The molecule has 0 aromatic carbocycles. The first kappa shape index (κ1) is 13.5.